The number of aromatic nitrogens is 2. The Bertz CT molecular complexity index is 1100. The smallest absolute Gasteiger partial charge is 0.151 e. The highest BCUT2D eigenvalue weighted by molar-refractivity contribution is 7.22. The molecular weight excluding hydrogens is 365 g/mol. The van der Waals surface area contributed by atoms with Crippen LogP contribution in [-0.4, -0.2) is 24.2 Å². The molecule has 2 aromatic carbocycles. The Labute approximate surface area is 159 Å². The van der Waals surface area contributed by atoms with Crippen molar-refractivity contribution in [2.45, 2.75) is 0 Å². The van der Waals surface area contributed by atoms with Gasteiger partial charge in [0.1, 0.15) is 23.6 Å². The number of ether oxygens (including phenoxy) is 2. The number of hydrogen-bond donors (Lipinski definition) is 1. The van der Waals surface area contributed by atoms with Crippen molar-refractivity contribution in [1.82, 2.24) is 9.97 Å². The molecule has 0 aliphatic rings. The van der Waals surface area contributed by atoms with Gasteiger partial charge >= 0.3 is 0 Å². The lowest BCUT2D eigenvalue weighted by Gasteiger charge is -2.12. The summed E-state index contributed by atoms with van der Waals surface area (Å²) in [6.07, 6.45) is 1.51. The second kappa shape index (κ2) is 7.20. The highest BCUT2D eigenvalue weighted by atomic mass is 32.1. The minimum Gasteiger partial charge on any atom is -0.497 e. The number of nitrogens with zero attached hydrogens (tertiary/aromatic N) is 2. The van der Waals surface area contributed by atoms with Crippen LogP contribution in [-0.2, 0) is 0 Å². The lowest BCUT2D eigenvalue weighted by Crippen LogP contribution is -1.98. The molecule has 2 heterocycles. The van der Waals surface area contributed by atoms with Crippen LogP contribution in [0.1, 0.15) is 0 Å². The molecule has 136 valence electrons. The van der Waals surface area contributed by atoms with Crippen molar-refractivity contribution in [3.63, 3.8) is 0 Å². The number of thiophene rings is 1. The first kappa shape index (κ1) is 17.2. The first-order valence-electron chi connectivity index (χ1n) is 8.17. The van der Waals surface area contributed by atoms with Crippen LogP contribution in [0.5, 0.6) is 11.5 Å². The summed E-state index contributed by atoms with van der Waals surface area (Å²) in [6, 6.07) is 13.9. The summed E-state index contributed by atoms with van der Waals surface area (Å²) >= 11 is 1.54. The zero-order valence-electron chi connectivity index (χ0n) is 14.7. The van der Waals surface area contributed by atoms with Gasteiger partial charge in [0.2, 0.25) is 0 Å². The van der Waals surface area contributed by atoms with Crippen LogP contribution < -0.4 is 14.8 Å². The second-order valence-electron chi connectivity index (χ2n) is 5.75. The predicted octanol–water partition coefficient (Wildman–Crippen LogP) is 5.26. The van der Waals surface area contributed by atoms with Crippen LogP contribution in [0.25, 0.3) is 20.7 Å². The van der Waals surface area contributed by atoms with Gasteiger partial charge in [-0.2, -0.15) is 0 Å². The highest BCUT2D eigenvalue weighted by Crippen LogP contribution is 2.38. The Kier molecular flexibility index (Phi) is 4.60. The van der Waals surface area contributed by atoms with Gasteiger partial charge in [-0.3, -0.25) is 0 Å². The summed E-state index contributed by atoms with van der Waals surface area (Å²) in [5, 5.41) is 3.31. The molecule has 2 aromatic heterocycles. The third-order valence-corrected chi connectivity index (χ3v) is 5.28. The van der Waals surface area contributed by atoms with Gasteiger partial charge in [0, 0.05) is 10.9 Å². The van der Waals surface area contributed by atoms with Gasteiger partial charge in [-0.15, -0.1) is 11.3 Å². The average Bonchev–Trinajstić information content (AvgIpc) is 3.14. The maximum atomic E-state index is 13.2. The summed E-state index contributed by atoms with van der Waals surface area (Å²) in [7, 11) is 3.23. The van der Waals surface area contributed by atoms with Gasteiger partial charge in [-0.05, 0) is 35.9 Å². The van der Waals surface area contributed by atoms with E-state index in [1.807, 2.05) is 24.3 Å². The number of benzene rings is 2. The zero-order valence-corrected chi connectivity index (χ0v) is 15.5. The van der Waals surface area contributed by atoms with Crippen molar-refractivity contribution in [3.8, 4) is 21.9 Å². The summed E-state index contributed by atoms with van der Waals surface area (Å²) in [6.45, 7) is 0. The molecule has 0 fully saturated rings. The van der Waals surface area contributed by atoms with Crippen LogP contribution in [0.3, 0.4) is 0 Å². The normalized spacial score (nSPS) is 10.8. The van der Waals surface area contributed by atoms with E-state index in [0.717, 1.165) is 26.3 Å². The first-order valence-corrected chi connectivity index (χ1v) is 8.99. The molecule has 0 saturated heterocycles. The average molecular weight is 381 g/mol. The molecule has 0 unspecified atom stereocenters. The third kappa shape index (κ3) is 3.41. The topological polar surface area (TPSA) is 56.3 Å². The van der Waals surface area contributed by atoms with E-state index < -0.39 is 0 Å². The Morgan fingerprint density at radius 2 is 1.78 bits per heavy atom. The van der Waals surface area contributed by atoms with E-state index in [1.54, 1.807) is 37.7 Å². The molecule has 0 saturated carbocycles. The highest BCUT2D eigenvalue weighted by Gasteiger charge is 2.13. The van der Waals surface area contributed by atoms with Gasteiger partial charge in [-0.1, -0.05) is 12.1 Å². The van der Waals surface area contributed by atoms with E-state index in [1.165, 1.54) is 18.5 Å². The number of rotatable bonds is 5. The molecule has 4 rings (SSSR count). The van der Waals surface area contributed by atoms with Crippen LogP contribution >= 0.6 is 11.3 Å². The molecule has 1 N–H and O–H groups in total. The molecule has 0 aliphatic heterocycles. The molecule has 0 spiro atoms. The van der Waals surface area contributed by atoms with E-state index in [4.69, 9.17) is 9.47 Å². The summed E-state index contributed by atoms with van der Waals surface area (Å²) < 4.78 is 24.8. The van der Waals surface area contributed by atoms with Gasteiger partial charge < -0.3 is 14.8 Å². The van der Waals surface area contributed by atoms with Crippen LogP contribution in [0.4, 0.5) is 15.9 Å². The molecule has 0 amide bonds. The maximum Gasteiger partial charge on any atom is 0.151 e. The number of nitrogens with one attached hydrogen (secondary N) is 1. The third-order valence-electron chi connectivity index (χ3n) is 4.10. The number of halogens is 1. The molecule has 4 aromatic rings. The van der Waals surface area contributed by atoms with Crippen molar-refractivity contribution >= 4 is 33.1 Å². The van der Waals surface area contributed by atoms with E-state index in [0.29, 0.717) is 17.3 Å². The van der Waals surface area contributed by atoms with E-state index in [9.17, 15) is 4.39 Å². The second-order valence-corrected chi connectivity index (χ2v) is 6.80. The van der Waals surface area contributed by atoms with Crippen LogP contribution in [0, 0.1) is 5.82 Å². The number of anilines is 2. The van der Waals surface area contributed by atoms with Crippen molar-refractivity contribution < 1.29 is 13.9 Å². The number of fused-ring (bicyclic) bond motifs is 1. The standard InChI is InChI=1S/C20H16FN3O2S/c1-25-14-7-8-17(26-2)15(9-14)24-20-19-16(22-11-23-20)10-18(27-19)12-3-5-13(21)6-4-12/h3-11H,1-2H3,(H,22,23,24). The fourth-order valence-corrected chi connectivity index (χ4v) is 3.80. The molecule has 27 heavy (non-hydrogen) atoms. The van der Waals surface area contributed by atoms with Crippen molar-refractivity contribution in [3.05, 3.63) is 60.7 Å². The minimum atomic E-state index is -0.257. The molecular formula is C20H16FN3O2S. The van der Waals surface area contributed by atoms with Crippen molar-refractivity contribution in [2.75, 3.05) is 19.5 Å². The Morgan fingerprint density at radius 3 is 2.52 bits per heavy atom. The molecule has 0 aliphatic carbocycles. The monoisotopic (exact) mass is 381 g/mol. The van der Waals surface area contributed by atoms with E-state index in [2.05, 4.69) is 15.3 Å². The van der Waals surface area contributed by atoms with E-state index in [-0.39, 0.29) is 5.82 Å². The molecule has 0 bridgehead atoms. The lowest BCUT2D eigenvalue weighted by atomic mass is 10.2. The fraction of sp³-hybridized carbons (Fsp3) is 0.100. The van der Waals surface area contributed by atoms with Crippen molar-refractivity contribution in [1.29, 1.82) is 0 Å². The number of methoxy groups -OCH3 is 2. The van der Waals surface area contributed by atoms with Crippen LogP contribution in [0.15, 0.2) is 54.9 Å². The minimum absolute atomic E-state index is 0.257. The summed E-state index contributed by atoms with van der Waals surface area (Å²) in [5.41, 5.74) is 2.50. The van der Waals surface area contributed by atoms with Crippen molar-refractivity contribution in [2.24, 2.45) is 0 Å². The molecule has 7 heteroatoms. The maximum absolute atomic E-state index is 13.2. The SMILES string of the molecule is COc1ccc(OC)c(Nc2ncnc3cc(-c4ccc(F)cc4)sc23)c1. The summed E-state index contributed by atoms with van der Waals surface area (Å²) in [5.74, 6) is 1.80. The zero-order chi connectivity index (χ0) is 18.8. The lowest BCUT2D eigenvalue weighted by molar-refractivity contribution is 0.405. The quantitative estimate of drug-likeness (QED) is 0.511. The van der Waals surface area contributed by atoms with Crippen LogP contribution in [0.2, 0.25) is 0 Å². The van der Waals surface area contributed by atoms with Gasteiger partial charge in [0.15, 0.2) is 5.82 Å². The Hall–Kier alpha value is -3.19. The largest absolute Gasteiger partial charge is 0.497 e. The fourth-order valence-electron chi connectivity index (χ4n) is 2.74. The van der Waals surface area contributed by atoms with E-state index >= 15 is 0 Å². The summed E-state index contributed by atoms with van der Waals surface area (Å²) in [4.78, 5) is 9.73. The van der Waals surface area contributed by atoms with Gasteiger partial charge in [-0.25, -0.2) is 14.4 Å². The number of hydrogen-bond acceptors (Lipinski definition) is 6. The molecule has 0 atom stereocenters. The van der Waals surface area contributed by atoms with Gasteiger partial charge in [0.05, 0.1) is 30.1 Å². The first-order chi connectivity index (χ1) is 13.2. The molecule has 5 nitrogen and oxygen atoms in total. The predicted molar refractivity (Wildman–Crippen MR) is 106 cm³/mol. The molecule has 0 radical (unpaired) electrons. The Balaban J connectivity index is 1.76. The Morgan fingerprint density at radius 1 is 0.963 bits per heavy atom. The van der Waals surface area contributed by atoms with Gasteiger partial charge in [0.25, 0.3) is 0 Å².